The summed E-state index contributed by atoms with van der Waals surface area (Å²) in [5.74, 6) is 0.0673. The van der Waals surface area contributed by atoms with Gasteiger partial charge in [0.15, 0.2) is 0 Å². The number of carbonyl (C=O) groups is 1. The number of carbonyl (C=O) groups excluding carboxylic acids is 1. The molecule has 2 rings (SSSR count). The topological polar surface area (TPSA) is 54.9 Å². The van der Waals surface area contributed by atoms with Gasteiger partial charge in [0.05, 0.1) is 17.1 Å². The van der Waals surface area contributed by atoms with Crippen molar-refractivity contribution in [1.82, 2.24) is 15.3 Å². The molecule has 0 saturated carbocycles. The molecule has 0 aromatic carbocycles. The number of pyridine rings is 1. The first-order valence-corrected chi connectivity index (χ1v) is 8.75. The van der Waals surface area contributed by atoms with E-state index in [9.17, 15) is 4.79 Å². The summed E-state index contributed by atoms with van der Waals surface area (Å²) < 4.78 is 0. The lowest BCUT2D eigenvalue weighted by Gasteiger charge is -2.02. The van der Waals surface area contributed by atoms with Gasteiger partial charge in [-0.05, 0) is 25.0 Å². The van der Waals surface area contributed by atoms with Crippen molar-refractivity contribution in [2.75, 3.05) is 6.54 Å². The van der Waals surface area contributed by atoms with Crippen molar-refractivity contribution in [2.45, 2.75) is 45.4 Å². The summed E-state index contributed by atoms with van der Waals surface area (Å²) in [4.78, 5) is 20.7. The van der Waals surface area contributed by atoms with Gasteiger partial charge in [-0.1, -0.05) is 25.8 Å². The van der Waals surface area contributed by atoms with Gasteiger partial charge in [-0.3, -0.25) is 9.78 Å². The molecule has 0 aliphatic carbocycles. The molecular formula is C17H23N3OS. The maximum atomic E-state index is 11.8. The maximum Gasteiger partial charge on any atom is 0.226 e. The molecule has 5 heteroatoms. The molecule has 4 nitrogen and oxygen atoms in total. The van der Waals surface area contributed by atoms with Gasteiger partial charge < -0.3 is 5.32 Å². The van der Waals surface area contributed by atoms with E-state index in [0.717, 1.165) is 48.6 Å². The number of aromatic nitrogens is 2. The van der Waals surface area contributed by atoms with Crippen LogP contribution < -0.4 is 5.32 Å². The van der Waals surface area contributed by atoms with Gasteiger partial charge in [-0.15, -0.1) is 11.3 Å². The minimum Gasteiger partial charge on any atom is -0.356 e. The highest BCUT2D eigenvalue weighted by Crippen LogP contribution is 2.13. The molecule has 0 fully saturated rings. The lowest BCUT2D eigenvalue weighted by atomic mass is 10.2. The lowest BCUT2D eigenvalue weighted by Crippen LogP contribution is -2.26. The van der Waals surface area contributed by atoms with Crippen LogP contribution in [0, 0.1) is 0 Å². The Kier molecular flexibility index (Phi) is 7.03. The van der Waals surface area contributed by atoms with E-state index in [0.29, 0.717) is 6.42 Å². The van der Waals surface area contributed by atoms with Crippen LogP contribution in [0.3, 0.4) is 0 Å². The molecule has 118 valence electrons. The Morgan fingerprint density at radius 1 is 1.23 bits per heavy atom. The number of hydrogen-bond acceptors (Lipinski definition) is 4. The predicted octanol–water partition coefficient (Wildman–Crippen LogP) is 3.17. The first-order chi connectivity index (χ1) is 10.8. The summed E-state index contributed by atoms with van der Waals surface area (Å²) in [6.07, 6.45) is 7.33. The second-order valence-corrected chi connectivity index (χ2v) is 6.23. The molecule has 0 spiro atoms. The molecule has 0 aliphatic rings. The van der Waals surface area contributed by atoms with E-state index in [1.807, 2.05) is 29.8 Å². The smallest absolute Gasteiger partial charge is 0.226 e. The lowest BCUT2D eigenvalue weighted by molar-refractivity contribution is -0.120. The largest absolute Gasteiger partial charge is 0.356 e. The van der Waals surface area contributed by atoms with Crippen molar-refractivity contribution in [3.05, 3.63) is 46.2 Å². The first-order valence-electron chi connectivity index (χ1n) is 7.88. The fraction of sp³-hybridized carbons (Fsp3) is 0.471. The van der Waals surface area contributed by atoms with Crippen LogP contribution in [-0.2, 0) is 24.1 Å². The van der Waals surface area contributed by atoms with E-state index in [2.05, 4.69) is 22.2 Å². The van der Waals surface area contributed by atoms with E-state index in [-0.39, 0.29) is 5.91 Å². The molecule has 0 aliphatic heterocycles. The fourth-order valence-corrected chi connectivity index (χ4v) is 2.95. The Morgan fingerprint density at radius 2 is 2.14 bits per heavy atom. The summed E-state index contributed by atoms with van der Waals surface area (Å²) in [6.45, 7) is 2.92. The highest BCUT2D eigenvalue weighted by molar-refractivity contribution is 7.09. The first kappa shape index (κ1) is 16.6. The third-order valence-electron chi connectivity index (χ3n) is 3.36. The number of nitrogens with zero attached hydrogens (tertiary/aromatic N) is 2. The zero-order chi connectivity index (χ0) is 15.6. The monoisotopic (exact) mass is 317 g/mol. The summed E-state index contributed by atoms with van der Waals surface area (Å²) in [6, 6.07) is 5.95. The van der Waals surface area contributed by atoms with E-state index >= 15 is 0 Å². The van der Waals surface area contributed by atoms with Crippen LogP contribution in [0.2, 0.25) is 0 Å². The van der Waals surface area contributed by atoms with Gasteiger partial charge in [0.2, 0.25) is 5.91 Å². The fourth-order valence-electron chi connectivity index (χ4n) is 2.16. The molecule has 0 radical (unpaired) electrons. The van der Waals surface area contributed by atoms with Crippen LogP contribution in [0.15, 0.2) is 29.8 Å². The van der Waals surface area contributed by atoms with Crippen LogP contribution in [0.5, 0.6) is 0 Å². The van der Waals surface area contributed by atoms with Crippen LogP contribution >= 0.6 is 11.3 Å². The number of hydrogen-bond donors (Lipinski definition) is 1. The molecule has 22 heavy (non-hydrogen) atoms. The Labute approximate surface area is 136 Å². The quantitative estimate of drug-likeness (QED) is 0.723. The third kappa shape index (κ3) is 5.93. The zero-order valence-electron chi connectivity index (χ0n) is 13.0. The Hall–Kier alpha value is -1.75. The van der Waals surface area contributed by atoms with Gasteiger partial charge in [-0.25, -0.2) is 4.98 Å². The number of nitrogens with one attached hydrogen (secondary N) is 1. The van der Waals surface area contributed by atoms with Crippen molar-refractivity contribution in [2.24, 2.45) is 0 Å². The normalized spacial score (nSPS) is 10.6. The van der Waals surface area contributed by atoms with Crippen LogP contribution in [-0.4, -0.2) is 22.4 Å². The van der Waals surface area contributed by atoms with Crippen molar-refractivity contribution >= 4 is 17.2 Å². The Morgan fingerprint density at radius 3 is 2.91 bits per heavy atom. The van der Waals surface area contributed by atoms with Crippen molar-refractivity contribution in [3.63, 3.8) is 0 Å². The molecular weight excluding hydrogens is 294 g/mol. The third-order valence-corrected chi connectivity index (χ3v) is 4.32. The molecule has 0 atom stereocenters. The molecule has 0 saturated heterocycles. The SMILES string of the molecule is CCCCCNC(=O)Cc1csc(CCc2ccccn2)n1. The summed E-state index contributed by atoms with van der Waals surface area (Å²) in [7, 11) is 0. The van der Waals surface area contributed by atoms with Gasteiger partial charge in [0, 0.05) is 30.2 Å². The van der Waals surface area contributed by atoms with Gasteiger partial charge >= 0.3 is 0 Å². The Balaban J connectivity index is 1.73. The minimum atomic E-state index is 0.0673. The van der Waals surface area contributed by atoms with Crippen LogP contribution in [0.1, 0.15) is 42.6 Å². The Bertz CT molecular complexity index is 568. The van der Waals surface area contributed by atoms with E-state index in [4.69, 9.17) is 0 Å². The number of thiazole rings is 1. The second-order valence-electron chi connectivity index (χ2n) is 5.29. The molecule has 1 N–H and O–H groups in total. The van der Waals surface area contributed by atoms with E-state index < -0.39 is 0 Å². The summed E-state index contributed by atoms with van der Waals surface area (Å²) in [5.41, 5.74) is 1.95. The van der Waals surface area contributed by atoms with Crippen LogP contribution in [0.25, 0.3) is 0 Å². The van der Waals surface area contributed by atoms with Crippen molar-refractivity contribution < 1.29 is 4.79 Å². The molecule has 0 unspecified atom stereocenters. The molecule has 1 amide bonds. The van der Waals surface area contributed by atoms with Crippen LogP contribution in [0.4, 0.5) is 0 Å². The number of aryl methyl sites for hydroxylation is 2. The van der Waals surface area contributed by atoms with E-state index in [1.165, 1.54) is 6.42 Å². The van der Waals surface area contributed by atoms with Gasteiger partial charge in [0.25, 0.3) is 0 Å². The van der Waals surface area contributed by atoms with E-state index in [1.54, 1.807) is 11.3 Å². The average Bonchev–Trinajstić information content (AvgIpc) is 2.98. The molecule has 2 aromatic rings. The zero-order valence-corrected chi connectivity index (χ0v) is 13.9. The average molecular weight is 317 g/mol. The summed E-state index contributed by atoms with van der Waals surface area (Å²) in [5, 5.41) is 6.00. The highest BCUT2D eigenvalue weighted by Gasteiger charge is 2.07. The molecule has 0 bridgehead atoms. The minimum absolute atomic E-state index is 0.0673. The number of unbranched alkanes of at least 4 members (excludes halogenated alkanes) is 2. The van der Waals surface area contributed by atoms with Crippen molar-refractivity contribution in [1.29, 1.82) is 0 Å². The van der Waals surface area contributed by atoms with Gasteiger partial charge in [0.1, 0.15) is 0 Å². The molecule has 2 heterocycles. The summed E-state index contributed by atoms with van der Waals surface area (Å²) >= 11 is 1.62. The standard InChI is InChI=1S/C17H23N3OS/c1-2-3-5-11-19-16(21)12-15-13-22-17(20-15)9-8-14-7-4-6-10-18-14/h4,6-7,10,13H,2-3,5,8-9,11-12H2,1H3,(H,19,21). The highest BCUT2D eigenvalue weighted by atomic mass is 32.1. The predicted molar refractivity (Wildman–Crippen MR) is 90.0 cm³/mol. The second kappa shape index (κ2) is 9.30. The number of amides is 1. The maximum absolute atomic E-state index is 11.8. The molecule has 2 aromatic heterocycles. The number of rotatable bonds is 9. The van der Waals surface area contributed by atoms with Gasteiger partial charge in [-0.2, -0.15) is 0 Å². The van der Waals surface area contributed by atoms with Crippen molar-refractivity contribution in [3.8, 4) is 0 Å².